The van der Waals surface area contributed by atoms with E-state index in [1.54, 1.807) is 0 Å². The van der Waals surface area contributed by atoms with Gasteiger partial charge in [0.05, 0.1) is 0 Å². The van der Waals surface area contributed by atoms with Crippen molar-refractivity contribution in [1.29, 1.82) is 0 Å². The van der Waals surface area contributed by atoms with E-state index in [2.05, 4.69) is 0 Å². The molecule has 0 aromatic heterocycles. The van der Waals surface area contributed by atoms with E-state index in [0.29, 0.717) is 0 Å². The largest absolute Gasteiger partial charge is 0.480 e. The fraction of sp³-hybridized carbons (Fsp3) is 0.286. The molecule has 0 spiro atoms. The minimum atomic E-state index is -1.61. The molecule has 1 aliphatic rings. The Labute approximate surface area is 110 Å². The number of aliphatic carboxylic acids is 2. The average Bonchev–Trinajstić information content (AvgIpc) is 2.70. The van der Waals surface area contributed by atoms with Crippen LogP contribution in [0.2, 0.25) is 0 Å². The number of aryl methyl sites for hydroxylation is 1. The molecule has 2 rings (SSSR count). The molecule has 0 bridgehead atoms. The van der Waals surface area contributed by atoms with Crippen molar-refractivity contribution in [3.63, 3.8) is 0 Å². The van der Waals surface area contributed by atoms with Gasteiger partial charge in [0.1, 0.15) is 5.54 Å². The summed E-state index contributed by atoms with van der Waals surface area (Å²) in [6.45, 7) is 1.93. The van der Waals surface area contributed by atoms with Crippen LogP contribution in [0.5, 0.6) is 0 Å². The van der Waals surface area contributed by atoms with Crippen LogP contribution >= 0.6 is 0 Å². The van der Waals surface area contributed by atoms with Crippen LogP contribution in [0.1, 0.15) is 23.5 Å². The van der Waals surface area contributed by atoms with Crippen molar-refractivity contribution < 1.29 is 19.8 Å². The predicted molar refractivity (Wildman–Crippen MR) is 68.8 cm³/mol. The molecule has 100 valence electrons. The smallest absolute Gasteiger partial charge is 0.331 e. The summed E-state index contributed by atoms with van der Waals surface area (Å²) in [5, 5.41) is 18.3. The molecule has 4 N–H and O–H groups in total. The lowest BCUT2D eigenvalue weighted by Crippen LogP contribution is -2.44. The van der Waals surface area contributed by atoms with Crippen LogP contribution in [0.4, 0.5) is 0 Å². The van der Waals surface area contributed by atoms with Crippen LogP contribution < -0.4 is 5.73 Å². The minimum Gasteiger partial charge on any atom is -0.480 e. The van der Waals surface area contributed by atoms with Gasteiger partial charge in [-0.1, -0.05) is 29.8 Å². The van der Waals surface area contributed by atoms with Crippen LogP contribution in [-0.2, 0) is 9.59 Å². The van der Waals surface area contributed by atoms with Gasteiger partial charge in [-0.25, -0.2) is 9.59 Å². The van der Waals surface area contributed by atoms with E-state index in [9.17, 15) is 14.7 Å². The highest BCUT2D eigenvalue weighted by atomic mass is 16.4. The first-order valence-electron chi connectivity index (χ1n) is 5.88. The van der Waals surface area contributed by atoms with Crippen LogP contribution in [0, 0.1) is 6.92 Å². The third-order valence-electron chi connectivity index (χ3n) is 3.46. The van der Waals surface area contributed by atoms with Gasteiger partial charge in [0.2, 0.25) is 0 Å². The van der Waals surface area contributed by atoms with Gasteiger partial charge >= 0.3 is 11.9 Å². The summed E-state index contributed by atoms with van der Waals surface area (Å²) in [6, 6.07) is 7.35. The van der Waals surface area contributed by atoms with Gasteiger partial charge in [-0.2, -0.15) is 0 Å². The van der Waals surface area contributed by atoms with E-state index in [0.717, 1.165) is 17.2 Å². The van der Waals surface area contributed by atoms with Crippen molar-refractivity contribution in [3.05, 3.63) is 47.0 Å². The molecule has 1 aliphatic carbocycles. The monoisotopic (exact) mass is 261 g/mol. The number of hydrogen-bond donors (Lipinski definition) is 3. The summed E-state index contributed by atoms with van der Waals surface area (Å²) >= 11 is 0. The molecule has 0 saturated carbocycles. The first-order valence-corrected chi connectivity index (χ1v) is 5.88. The zero-order chi connectivity index (χ0) is 14.2. The molecule has 1 aromatic rings. The first-order chi connectivity index (χ1) is 8.83. The molecule has 1 aromatic carbocycles. The summed E-state index contributed by atoms with van der Waals surface area (Å²) in [4.78, 5) is 22.4. The van der Waals surface area contributed by atoms with E-state index < -0.39 is 23.4 Å². The lowest BCUT2D eigenvalue weighted by atomic mass is 9.89. The quantitative estimate of drug-likeness (QED) is 0.760. The highest BCUT2D eigenvalue weighted by molar-refractivity contribution is 5.94. The molecule has 0 amide bonds. The molecule has 0 aliphatic heterocycles. The standard InChI is InChI=1S/C14H15NO4/c1-8-2-4-9(5-3-8)10-6-14(15,13(18)19)7-11(10)12(16)17/h2-5,7,10H,6,15H2,1H3,(H,16,17)(H,18,19)/t10-,14-/m0/s1. The number of carboxylic acids is 2. The van der Waals surface area contributed by atoms with Crippen LogP contribution in [0.25, 0.3) is 0 Å². The molecule has 0 unspecified atom stereocenters. The van der Waals surface area contributed by atoms with Crippen LogP contribution in [0.15, 0.2) is 35.9 Å². The fourth-order valence-electron chi connectivity index (χ4n) is 2.34. The molecular weight excluding hydrogens is 246 g/mol. The summed E-state index contributed by atoms with van der Waals surface area (Å²) in [5.41, 5.74) is 6.02. The Morgan fingerprint density at radius 2 is 1.84 bits per heavy atom. The van der Waals surface area contributed by atoms with Gasteiger partial charge in [0.25, 0.3) is 0 Å². The van der Waals surface area contributed by atoms with Gasteiger partial charge < -0.3 is 15.9 Å². The maximum atomic E-state index is 11.2. The minimum absolute atomic E-state index is 0.0498. The molecule has 0 saturated heterocycles. The third-order valence-corrected chi connectivity index (χ3v) is 3.46. The molecule has 2 atom stereocenters. The van der Waals surface area contributed by atoms with Crippen molar-refractivity contribution in [1.82, 2.24) is 0 Å². The Bertz CT molecular complexity index is 561. The second-order valence-corrected chi connectivity index (χ2v) is 4.92. The van der Waals surface area contributed by atoms with Gasteiger partial charge in [-0.3, -0.25) is 0 Å². The lowest BCUT2D eigenvalue weighted by Gasteiger charge is -2.18. The third kappa shape index (κ3) is 2.37. The lowest BCUT2D eigenvalue weighted by molar-refractivity contribution is -0.141. The molecule has 0 fully saturated rings. The maximum Gasteiger partial charge on any atom is 0.331 e. The molecule has 19 heavy (non-hydrogen) atoms. The van der Waals surface area contributed by atoms with E-state index in [-0.39, 0.29) is 12.0 Å². The summed E-state index contributed by atoms with van der Waals surface area (Å²) in [7, 11) is 0. The fourth-order valence-corrected chi connectivity index (χ4v) is 2.34. The Kier molecular flexibility index (Phi) is 3.16. The Morgan fingerprint density at radius 3 is 2.32 bits per heavy atom. The Morgan fingerprint density at radius 1 is 1.26 bits per heavy atom. The van der Waals surface area contributed by atoms with Crippen LogP contribution in [-0.4, -0.2) is 27.7 Å². The SMILES string of the molecule is Cc1ccc([C@@H]2C[C@@](N)(C(=O)O)C=C2C(=O)O)cc1. The van der Waals surface area contributed by atoms with Gasteiger partial charge in [-0.05, 0) is 25.0 Å². The molecular formula is C14H15NO4. The summed E-state index contributed by atoms with van der Waals surface area (Å²) in [6.07, 6.45) is 1.22. The molecule has 0 heterocycles. The first kappa shape index (κ1) is 13.3. The highest BCUT2D eigenvalue weighted by Crippen LogP contribution is 2.39. The molecule has 0 radical (unpaired) electrons. The average molecular weight is 261 g/mol. The van der Waals surface area contributed by atoms with Crippen molar-refractivity contribution in [2.24, 2.45) is 5.73 Å². The van der Waals surface area contributed by atoms with E-state index in [4.69, 9.17) is 10.8 Å². The van der Waals surface area contributed by atoms with Gasteiger partial charge in [0.15, 0.2) is 0 Å². The topological polar surface area (TPSA) is 101 Å². The van der Waals surface area contributed by atoms with Crippen LogP contribution in [0.3, 0.4) is 0 Å². The molecule has 5 heteroatoms. The van der Waals surface area contributed by atoms with Gasteiger partial charge in [-0.15, -0.1) is 0 Å². The second kappa shape index (κ2) is 4.51. The maximum absolute atomic E-state index is 11.2. The normalized spacial score (nSPS) is 26.0. The summed E-state index contributed by atoms with van der Waals surface area (Å²) in [5.74, 6) is -2.82. The second-order valence-electron chi connectivity index (χ2n) is 4.92. The Balaban J connectivity index is 2.42. The van der Waals surface area contributed by atoms with Crippen molar-refractivity contribution in [3.8, 4) is 0 Å². The highest BCUT2D eigenvalue weighted by Gasteiger charge is 2.44. The van der Waals surface area contributed by atoms with E-state index in [1.165, 1.54) is 0 Å². The van der Waals surface area contributed by atoms with Crippen molar-refractivity contribution in [2.75, 3.05) is 0 Å². The number of rotatable bonds is 3. The van der Waals surface area contributed by atoms with Crippen molar-refractivity contribution >= 4 is 11.9 Å². The molecule has 5 nitrogen and oxygen atoms in total. The summed E-state index contributed by atoms with van der Waals surface area (Å²) < 4.78 is 0. The number of carboxylic acid groups (broad SMARTS) is 2. The number of carbonyl (C=O) groups is 2. The zero-order valence-electron chi connectivity index (χ0n) is 10.5. The van der Waals surface area contributed by atoms with Gasteiger partial charge in [0, 0.05) is 11.5 Å². The number of nitrogens with two attached hydrogens (primary N) is 1. The van der Waals surface area contributed by atoms with E-state index in [1.807, 2.05) is 31.2 Å². The Hall–Kier alpha value is -2.14. The van der Waals surface area contributed by atoms with Crippen molar-refractivity contribution in [2.45, 2.75) is 24.8 Å². The predicted octanol–water partition coefficient (Wildman–Crippen LogP) is 1.28. The zero-order valence-corrected chi connectivity index (χ0v) is 10.5. The van der Waals surface area contributed by atoms with E-state index >= 15 is 0 Å². The number of hydrogen-bond acceptors (Lipinski definition) is 3. The number of benzene rings is 1.